The Bertz CT molecular complexity index is 619. The van der Waals surface area contributed by atoms with E-state index in [4.69, 9.17) is 16.3 Å². The highest BCUT2D eigenvalue weighted by molar-refractivity contribution is 6.33. The molecule has 1 aliphatic rings. The van der Waals surface area contributed by atoms with E-state index in [9.17, 15) is 19.1 Å². The Balaban J connectivity index is 2.06. The van der Waals surface area contributed by atoms with Gasteiger partial charge in [0.1, 0.15) is 5.82 Å². The SMILES string of the molecule is COC(C)(C(=O)O)C(=O)N1CCN(c2ccc(F)cc2Cl)CC1. The first-order valence-corrected chi connectivity index (χ1v) is 7.45. The summed E-state index contributed by atoms with van der Waals surface area (Å²) in [5.74, 6) is -2.32. The summed E-state index contributed by atoms with van der Waals surface area (Å²) >= 11 is 6.04. The van der Waals surface area contributed by atoms with Crippen LogP contribution in [-0.2, 0) is 14.3 Å². The Labute approximate surface area is 138 Å². The maximum Gasteiger partial charge on any atom is 0.345 e. The normalized spacial score (nSPS) is 17.7. The van der Waals surface area contributed by atoms with Gasteiger partial charge in [0.15, 0.2) is 0 Å². The number of hydrogen-bond acceptors (Lipinski definition) is 4. The van der Waals surface area contributed by atoms with Gasteiger partial charge in [-0.05, 0) is 25.1 Å². The van der Waals surface area contributed by atoms with Gasteiger partial charge in [-0.1, -0.05) is 11.6 Å². The lowest BCUT2D eigenvalue weighted by Crippen LogP contribution is -2.58. The minimum atomic E-state index is -1.89. The summed E-state index contributed by atoms with van der Waals surface area (Å²) in [5.41, 5.74) is -1.21. The second kappa shape index (κ2) is 6.72. The zero-order valence-electron chi connectivity index (χ0n) is 12.9. The number of carboxylic acid groups (broad SMARTS) is 1. The van der Waals surface area contributed by atoms with E-state index in [1.807, 2.05) is 4.90 Å². The van der Waals surface area contributed by atoms with E-state index in [0.717, 1.165) is 0 Å². The minimum Gasteiger partial charge on any atom is -0.479 e. The molecule has 1 fully saturated rings. The molecule has 0 spiro atoms. The van der Waals surface area contributed by atoms with Crippen molar-refractivity contribution >= 4 is 29.2 Å². The Morgan fingerprint density at radius 1 is 1.30 bits per heavy atom. The van der Waals surface area contributed by atoms with Crippen molar-refractivity contribution in [2.45, 2.75) is 12.5 Å². The molecule has 1 aromatic rings. The number of nitrogens with zero attached hydrogens (tertiary/aromatic N) is 2. The van der Waals surface area contributed by atoms with Crippen molar-refractivity contribution < 1.29 is 23.8 Å². The molecule has 1 unspecified atom stereocenters. The van der Waals surface area contributed by atoms with Crippen molar-refractivity contribution in [3.8, 4) is 0 Å². The molecule has 1 atom stereocenters. The number of carboxylic acids is 1. The number of aliphatic carboxylic acids is 1. The van der Waals surface area contributed by atoms with Crippen LogP contribution in [0.2, 0.25) is 5.02 Å². The largest absolute Gasteiger partial charge is 0.479 e. The zero-order chi connectivity index (χ0) is 17.2. The fraction of sp³-hybridized carbons (Fsp3) is 0.467. The molecule has 1 aliphatic heterocycles. The number of ether oxygens (including phenoxy) is 1. The van der Waals surface area contributed by atoms with Gasteiger partial charge in [0.2, 0.25) is 5.60 Å². The number of hydrogen-bond donors (Lipinski definition) is 1. The van der Waals surface area contributed by atoms with Gasteiger partial charge in [-0.15, -0.1) is 0 Å². The third kappa shape index (κ3) is 3.40. The summed E-state index contributed by atoms with van der Waals surface area (Å²) in [6, 6.07) is 4.15. The van der Waals surface area contributed by atoms with Gasteiger partial charge in [-0.2, -0.15) is 0 Å². The van der Waals surface area contributed by atoms with Crippen LogP contribution < -0.4 is 4.90 Å². The molecule has 2 rings (SSSR count). The first-order chi connectivity index (χ1) is 10.8. The molecule has 0 aromatic heterocycles. The third-order valence-corrected chi connectivity index (χ3v) is 4.34. The molecule has 1 heterocycles. The zero-order valence-corrected chi connectivity index (χ0v) is 13.6. The Morgan fingerprint density at radius 3 is 2.39 bits per heavy atom. The molecule has 8 heteroatoms. The van der Waals surface area contributed by atoms with Crippen molar-refractivity contribution in [2.24, 2.45) is 0 Å². The predicted molar refractivity (Wildman–Crippen MR) is 83.3 cm³/mol. The molecule has 1 amide bonds. The third-order valence-electron chi connectivity index (χ3n) is 4.04. The number of benzene rings is 1. The highest BCUT2D eigenvalue weighted by Gasteiger charge is 2.45. The predicted octanol–water partition coefficient (Wildman–Crippen LogP) is 1.62. The molecule has 6 nitrogen and oxygen atoms in total. The Hall–Kier alpha value is -1.86. The smallest absolute Gasteiger partial charge is 0.345 e. The fourth-order valence-electron chi connectivity index (χ4n) is 2.46. The quantitative estimate of drug-likeness (QED) is 0.840. The van der Waals surface area contributed by atoms with Crippen molar-refractivity contribution in [1.29, 1.82) is 0 Å². The Kier molecular flexibility index (Phi) is 5.11. The first-order valence-electron chi connectivity index (χ1n) is 7.07. The monoisotopic (exact) mass is 344 g/mol. The molecular formula is C15H18ClFN2O4. The van der Waals surface area contributed by atoms with Crippen LogP contribution in [0.15, 0.2) is 18.2 Å². The van der Waals surface area contributed by atoms with E-state index >= 15 is 0 Å². The number of amides is 1. The highest BCUT2D eigenvalue weighted by Crippen LogP contribution is 2.28. The van der Waals surface area contributed by atoms with Gasteiger partial charge in [0.25, 0.3) is 5.91 Å². The summed E-state index contributed by atoms with van der Waals surface area (Å²) in [6.45, 7) is 2.84. The highest BCUT2D eigenvalue weighted by atomic mass is 35.5. The van der Waals surface area contributed by atoms with Crippen LogP contribution >= 0.6 is 11.6 Å². The molecule has 1 aromatic carbocycles. The van der Waals surface area contributed by atoms with Gasteiger partial charge < -0.3 is 19.6 Å². The molecule has 1 saturated heterocycles. The second-order valence-electron chi connectivity index (χ2n) is 5.42. The average Bonchev–Trinajstić information content (AvgIpc) is 2.53. The van der Waals surface area contributed by atoms with Gasteiger partial charge in [-0.3, -0.25) is 4.79 Å². The lowest BCUT2D eigenvalue weighted by atomic mass is 10.0. The molecule has 0 bridgehead atoms. The number of methoxy groups -OCH3 is 1. The van der Waals surface area contributed by atoms with E-state index in [-0.39, 0.29) is 0 Å². The van der Waals surface area contributed by atoms with Gasteiger partial charge in [0, 0.05) is 33.3 Å². The van der Waals surface area contributed by atoms with E-state index in [2.05, 4.69) is 0 Å². The van der Waals surface area contributed by atoms with Crippen LogP contribution in [0.1, 0.15) is 6.92 Å². The molecule has 0 aliphatic carbocycles. The van der Waals surface area contributed by atoms with Crippen molar-refractivity contribution in [2.75, 3.05) is 38.2 Å². The molecule has 0 radical (unpaired) electrons. The van der Waals surface area contributed by atoms with Crippen molar-refractivity contribution in [1.82, 2.24) is 4.90 Å². The number of carbonyl (C=O) groups is 2. The lowest BCUT2D eigenvalue weighted by Gasteiger charge is -2.39. The first kappa shape index (κ1) is 17.5. The summed E-state index contributed by atoms with van der Waals surface area (Å²) < 4.78 is 18.0. The van der Waals surface area contributed by atoms with Crippen LogP contribution in [-0.4, -0.2) is 60.8 Å². The molecular weight excluding hydrogens is 327 g/mol. The molecule has 23 heavy (non-hydrogen) atoms. The fourth-order valence-corrected chi connectivity index (χ4v) is 2.74. The second-order valence-corrected chi connectivity index (χ2v) is 5.82. The summed E-state index contributed by atoms with van der Waals surface area (Å²) in [7, 11) is 1.19. The summed E-state index contributed by atoms with van der Waals surface area (Å²) in [4.78, 5) is 27.0. The maximum absolute atomic E-state index is 13.1. The summed E-state index contributed by atoms with van der Waals surface area (Å²) in [5, 5.41) is 9.49. The summed E-state index contributed by atoms with van der Waals surface area (Å²) in [6.07, 6.45) is 0. The van der Waals surface area contributed by atoms with E-state index in [0.29, 0.717) is 36.9 Å². The van der Waals surface area contributed by atoms with Crippen molar-refractivity contribution in [3.63, 3.8) is 0 Å². The number of anilines is 1. The standard InChI is InChI=1S/C15H18ClFN2O4/c1-15(23-2,14(21)22)13(20)19-7-5-18(6-8-19)12-4-3-10(17)9-11(12)16/h3-4,9H,5-8H2,1-2H3,(H,21,22). The van der Waals surface area contributed by atoms with Crippen molar-refractivity contribution in [3.05, 3.63) is 29.0 Å². The van der Waals surface area contributed by atoms with E-state index in [1.165, 1.54) is 31.1 Å². The van der Waals surface area contributed by atoms with Crippen LogP contribution in [0.5, 0.6) is 0 Å². The molecule has 0 saturated carbocycles. The number of rotatable bonds is 4. The Morgan fingerprint density at radius 2 is 1.91 bits per heavy atom. The van der Waals surface area contributed by atoms with Crippen LogP contribution in [0.4, 0.5) is 10.1 Å². The van der Waals surface area contributed by atoms with E-state index in [1.54, 1.807) is 6.07 Å². The minimum absolute atomic E-state index is 0.303. The number of piperazine rings is 1. The van der Waals surface area contributed by atoms with Gasteiger partial charge >= 0.3 is 5.97 Å². The maximum atomic E-state index is 13.1. The van der Waals surface area contributed by atoms with Crippen LogP contribution in [0.25, 0.3) is 0 Å². The molecule has 126 valence electrons. The lowest BCUT2D eigenvalue weighted by molar-refractivity contribution is -0.173. The van der Waals surface area contributed by atoms with Crippen LogP contribution in [0.3, 0.4) is 0 Å². The average molecular weight is 345 g/mol. The van der Waals surface area contributed by atoms with Gasteiger partial charge in [0.05, 0.1) is 10.7 Å². The molecule has 1 N–H and O–H groups in total. The van der Waals surface area contributed by atoms with E-state index < -0.39 is 23.3 Å². The van der Waals surface area contributed by atoms with Gasteiger partial charge in [-0.25, -0.2) is 9.18 Å². The number of halogens is 2. The number of carbonyl (C=O) groups excluding carboxylic acids is 1. The van der Waals surface area contributed by atoms with Crippen LogP contribution in [0, 0.1) is 5.82 Å². The topological polar surface area (TPSA) is 70.1 Å².